The molecule has 0 amide bonds. The van der Waals surface area contributed by atoms with Gasteiger partial charge in [-0.15, -0.1) is 0 Å². The zero-order valence-electron chi connectivity index (χ0n) is 84.0. The maximum atomic E-state index is 13.1. The Morgan fingerprint density at radius 1 is 0.221 bits per heavy atom. The number of rotatable bonds is 102. The molecule has 18 heteroatoms. The van der Waals surface area contributed by atoms with Crippen molar-refractivity contribution in [2.75, 3.05) is 39.6 Å². The molecule has 4 N–H and O–H groups in total. The highest BCUT2D eigenvalue weighted by Gasteiger charge is 2.30. The van der Waals surface area contributed by atoms with Gasteiger partial charge in [0, 0.05) is 19.3 Å². The van der Waals surface area contributed by atoms with Crippen molar-refractivity contribution in [2.45, 2.75) is 501 Å². The highest BCUT2D eigenvalue weighted by atomic mass is 31.2. The molecule has 0 saturated heterocycles. The summed E-state index contributed by atoms with van der Waals surface area (Å²) in [5, 5.41) is 20.8. The van der Waals surface area contributed by atoms with Crippen LogP contribution < -0.4 is 0 Å². The highest BCUT2D eigenvalue weighted by molar-refractivity contribution is 7.47. The van der Waals surface area contributed by atoms with Gasteiger partial charge in [0.15, 0.2) is 6.10 Å². The first-order valence-corrected chi connectivity index (χ1v) is 56.8. The Labute approximate surface area is 803 Å². The zero-order valence-corrected chi connectivity index (χ0v) is 85.8. The van der Waals surface area contributed by atoms with E-state index in [1.54, 1.807) is 0 Å². The van der Waals surface area contributed by atoms with E-state index in [0.717, 1.165) is 141 Å². The Hall–Kier alpha value is -4.83. The fourth-order valence-corrected chi connectivity index (χ4v) is 16.7. The Balaban J connectivity index is 4.56. The first-order chi connectivity index (χ1) is 64.2. The van der Waals surface area contributed by atoms with E-state index in [0.29, 0.717) is 19.3 Å². The topological polar surface area (TPSA) is 231 Å². The van der Waals surface area contributed by atoms with Crippen molar-refractivity contribution in [1.82, 2.24) is 0 Å². The number of carbonyl (C=O) groups excluding carboxylic acids is 3. The van der Waals surface area contributed by atoms with Crippen LogP contribution in [0.4, 0.5) is 0 Å². The quantitative estimate of drug-likeness (QED) is 0.0146. The molecular formula is C113H198O16P2. The van der Waals surface area contributed by atoms with Crippen LogP contribution in [0, 0.1) is 0 Å². The average Bonchev–Trinajstić information content (AvgIpc) is 0.899. The van der Waals surface area contributed by atoms with Crippen LogP contribution in [-0.4, -0.2) is 95.9 Å². The van der Waals surface area contributed by atoms with Gasteiger partial charge >= 0.3 is 33.6 Å². The zero-order chi connectivity index (χ0) is 95.0. The van der Waals surface area contributed by atoms with Gasteiger partial charge in [-0.25, -0.2) is 9.13 Å². The summed E-state index contributed by atoms with van der Waals surface area (Å²) < 4.78 is 61.8. The van der Waals surface area contributed by atoms with Crippen molar-refractivity contribution in [3.8, 4) is 0 Å². The molecule has 0 aliphatic rings. The standard InChI is InChI=1S/C113H198O16P2/c1-4-7-10-13-16-19-22-25-28-31-34-37-40-43-46-48-50-52-53-55-57-58-61-63-66-69-72-75-78-81-84-87-90-93-96-99-111(116)123-102-108(114)103-125-130(119,120)126-104-109(115)105-127-131(121,122)128-107-110(129-113(118)101-98-95-92-89-86-83-80-77-74-71-68-65-60-45-42-39-36-33-30-27-24-21-18-15-12-9-6-3)106-124-112(117)100-97-94-91-88-85-82-79-76-73-70-67-64-62-59-56-54-51-49-47-44-41-38-35-32-29-26-23-20-17-14-11-8-5-2/h8,11,16-21,25-30,34-39,43-47,60,108-110,114-115H,4-7,9-10,12-15,22-24,31-33,40-42,48-59,61-107H2,1-3H3,(H,119,120)(H,121,122)/b11-8-,19-16-,20-17-,21-18-,28-25-,29-26-,30-27-,37-34-,38-35-,39-36-,46-43-,47-44-,60-45-. The second-order valence-corrected chi connectivity index (χ2v) is 38.9. The van der Waals surface area contributed by atoms with E-state index < -0.39 is 91.5 Å². The summed E-state index contributed by atoms with van der Waals surface area (Å²) >= 11 is 0. The SMILES string of the molecule is CC/C=C\C/C=C\C/C=C\C/C=C\C/C=C\CCCCCCCCCCCCCCCCCCCC(=O)OCC(COP(=O)(O)OCC(O)COP(=O)(O)OCC(O)COC(=O)CCCCCCCCCCCCCCCCCCCCC/C=C\C/C=C\C/C=C\C/C=C\CCCCC)OC(=O)CCCCCCCCCCCCC/C=C\C/C=C\C/C=C\C/C=C\CCCCC. The van der Waals surface area contributed by atoms with Crippen molar-refractivity contribution in [3.05, 3.63) is 158 Å². The summed E-state index contributed by atoms with van der Waals surface area (Å²) in [4.78, 5) is 59.3. The number of aliphatic hydroxyl groups is 2. The Kier molecular flexibility index (Phi) is 100. The smallest absolute Gasteiger partial charge is 0.463 e. The lowest BCUT2D eigenvalue weighted by Gasteiger charge is -2.21. The van der Waals surface area contributed by atoms with Gasteiger partial charge in [0.1, 0.15) is 25.4 Å². The number of aliphatic hydroxyl groups excluding tert-OH is 2. The van der Waals surface area contributed by atoms with Crippen molar-refractivity contribution >= 4 is 33.6 Å². The number of hydrogen-bond donors (Lipinski definition) is 4. The molecule has 0 aromatic rings. The van der Waals surface area contributed by atoms with E-state index >= 15 is 0 Å². The fourth-order valence-electron chi connectivity index (χ4n) is 15.1. The summed E-state index contributed by atoms with van der Waals surface area (Å²) in [5.74, 6) is -1.55. The van der Waals surface area contributed by atoms with Gasteiger partial charge in [-0.05, 0) is 154 Å². The molecule has 0 aliphatic carbocycles. The fraction of sp³-hybridized carbons (Fsp3) is 0.743. The van der Waals surface area contributed by atoms with E-state index in [2.05, 4.69) is 179 Å². The molecule has 16 nitrogen and oxygen atoms in total. The maximum Gasteiger partial charge on any atom is 0.472 e. The minimum atomic E-state index is -4.95. The number of ether oxygens (including phenoxy) is 3. The number of phosphoric acid groups is 2. The van der Waals surface area contributed by atoms with E-state index in [9.17, 15) is 43.5 Å². The van der Waals surface area contributed by atoms with Crippen LogP contribution in [0.5, 0.6) is 0 Å². The van der Waals surface area contributed by atoms with Crippen molar-refractivity contribution in [1.29, 1.82) is 0 Å². The Morgan fingerprint density at radius 2 is 0.405 bits per heavy atom. The van der Waals surface area contributed by atoms with E-state index in [4.69, 9.17) is 32.3 Å². The number of hydrogen-bond acceptors (Lipinski definition) is 14. The molecule has 5 atom stereocenters. The first kappa shape index (κ1) is 126. The molecule has 0 rings (SSSR count). The van der Waals surface area contributed by atoms with E-state index in [1.165, 1.54) is 283 Å². The average molecular weight is 1870 g/mol. The minimum absolute atomic E-state index is 0.0999. The summed E-state index contributed by atoms with van der Waals surface area (Å²) in [6.45, 7) is 2.61. The lowest BCUT2D eigenvalue weighted by atomic mass is 10.0. The predicted octanol–water partition coefficient (Wildman–Crippen LogP) is 34.4. The summed E-state index contributed by atoms with van der Waals surface area (Å²) in [5.41, 5.74) is 0. The number of phosphoric ester groups is 2. The monoisotopic (exact) mass is 1870 g/mol. The second-order valence-electron chi connectivity index (χ2n) is 36.0. The van der Waals surface area contributed by atoms with E-state index in [-0.39, 0.29) is 19.3 Å². The lowest BCUT2D eigenvalue weighted by molar-refractivity contribution is -0.161. The molecule has 0 radical (unpaired) electrons. The predicted molar refractivity (Wildman–Crippen MR) is 556 cm³/mol. The van der Waals surface area contributed by atoms with Gasteiger partial charge in [-0.2, -0.15) is 0 Å². The second kappa shape index (κ2) is 104. The van der Waals surface area contributed by atoms with Gasteiger partial charge < -0.3 is 34.2 Å². The molecule has 0 bridgehead atoms. The van der Waals surface area contributed by atoms with Gasteiger partial charge in [0.05, 0.1) is 26.4 Å². The molecule has 0 aromatic heterocycles. The summed E-state index contributed by atoms with van der Waals surface area (Å²) in [6, 6.07) is 0. The molecule has 0 aromatic carbocycles. The molecule has 0 saturated carbocycles. The van der Waals surface area contributed by atoms with Crippen molar-refractivity contribution < 1.29 is 75.8 Å². The number of carbonyl (C=O) groups is 3. The van der Waals surface area contributed by atoms with Crippen LogP contribution in [0.25, 0.3) is 0 Å². The van der Waals surface area contributed by atoms with Crippen LogP contribution in [0.2, 0.25) is 0 Å². The molecular weight excluding hydrogens is 1680 g/mol. The molecule has 0 heterocycles. The Morgan fingerprint density at radius 3 is 0.641 bits per heavy atom. The third kappa shape index (κ3) is 105. The van der Waals surface area contributed by atoms with Crippen LogP contribution in [0.3, 0.4) is 0 Å². The number of allylic oxidation sites excluding steroid dienone is 26. The van der Waals surface area contributed by atoms with E-state index in [1.807, 2.05) is 0 Å². The largest absolute Gasteiger partial charge is 0.472 e. The minimum Gasteiger partial charge on any atom is -0.463 e. The molecule has 0 spiro atoms. The number of unbranched alkanes of at least 4 members (excludes halogenated alkanes) is 53. The highest BCUT2D eigenvalue weighted by Crippen LogP contribution is 2.45. The molecule has 0 fully saturated rings. The number of esters is 3. The maximum absolute atomic E-state index is 13.1. The molecule has 756 valence electrons. The van der Waals surface area contributed by atoms with Crippen LogP contribution >= 0.6 is 15.6 Å². The normalized spacial score (nSPS) is 14.2. The first-order valence-electron chi connectivity index (χ1n) is 53.8. The summed E-state index contributed by atoms with van der Waals surface area (Å²) in [7, 11) is -9.82. The third-order valence-electron chi connectivity index (χ3n) is 23.2. The van der Waals surface area contributed by atoms with Crippen LogP contribution in [-0.2, 0) is 55.8 Å². The van der Waals surface area contributed by atoms with Gasteiger partial charge in [-0.1, -0.05) is 468 Å². The summed E-state index contributed by atoms with van der Waals surface area (Å²) in [6.07, 6.45) is 136. The Bertz CT molecular complexity index is 3010. The van der Waals surface area contributed by atoms with Crippen molar-refractivity contribution in [2.24, 2.45) is 0 Å². The molecule has 5 unspecified atom stereocenters. The van der Waals surface area contributed by atoms with Crippen molar-refractivity contribution in [3.63, 3.8) is 0 Å². The lowest BCUT2D eigenvalue weighted by Crippen LogP contribution is -2.30. The van der Waals surface area contributed by atoms with Gasteiger partial charge in [-0.3, -0.25) is 32.5 Å². The van der Waals surface area contributed by atoms with Gasteiger partial charge in [0.25, 0.3) is 0 Å². The third-order valence-corrected chi connectivity index (χ3v) is 25.1. The molecule has 131 heavy (non-hydrogen) atoms. The van der Waals surface area contributed by atoms with Gasteiger partial charge in [0.2, 0.25) is 0 Å². The van der Waals surface area contributed by atoms with Crippen LogP contribution in [0.15, 0.2) is 158 Å². The molecule has 0 aliphatic heterocycles. The van der Waals surface area contributed by atoms with Crippen LogP contribution in [0.1, 0.15) is 483 Å².